The van der Waals surface area contributed by atoms with Crippen LogP contribution in [0.15, 0.2) is 57.6 Å². The van der Waals surface area contributed by atoms with Crippen molar-refractivity contribution in [2.45, 2.75) is 13.0 Å². The van der Waals surface area contributed by atoms with Gasteiger partial charge in [-0.05, 0) is 58.7 Å². The summed E-state index contributed by atoms with van der Waals surface area (Å²) in [6.07, 6.45) is 1.69. The Morgan fingerprint density at radius 1 is 1.19 bits per heavy atom. The van der Waals surface area contributed by atoms with Crippen LogP contribution in [-0.2, 0) is 0 Å². The standard InChI is InChI=1S/C16H13BrClNOS/c1-10-4-2-5-11(15(10)17)19-16(12-6-3-9-20-12)13-7-8-14(18)21-13/h2-9,16,19H,1H3. The van der Waals surface area contributed by atoms with Crippen molar-refractivity contribution >= 4 is 44.6 Å². The number of benzene rings is 1. The number of halogens is 2. The van der Waals surface area contributed by atoms with Crippen molar-refractivity contribution in [3.63, 3.8) is 0 Å². The lowest BCUT2D eigenvalue weighted by atomic mass is 10.1. The number of nitrogens with one attached hydrogen (secondary N) is 1. The van der Waals surface area contributed by atoms with E-state index in [1.54, 1.807) is 17.6 Å². The fraction of sp³-hybridized carbons (Fsp3) is 0.125. The van der Waals surface area contributed by atoms with Crippen LogP contribution in [0.3, 0.4) is 0 Å². The number of aryl methyl sites for hydroxylation is 1. The maximum absolute atomic E-state index is 6.08. The van der Waals surface area contributed by atoms with Crippen molar-refractivity contribution in [3.05, 3.63) is 73.7 Å². The summed E-state index contributed by atoms with van der Waals surface area (Å²) in [6.45, 7) is 2.07. The van der Waals surface area contributed by atoms with Gasteiger partial charge in [-0.3, -0.25) is 0 Å². The monoisotopic (exact) mass is 381 g/mol. The van der Waals surface area contributed by atoms with Crippen LogP contribution in [0.1, 0.15) is 22.2 Å². The number of hydrogen-bond acceptors (Lipinski definition) is 3. The molecule has 0 fully saturated rings. The number of furan rings is 1. The van der Waals surface area contributed by atoms with Crippen molar-refractivity contribution in [2.24, 2.45) is 0 Å². The molecule has 0 saturated heterocycles. The van der Waals surface area contributed by atoms with Gasteiger partial charge in [-0.25, -0.2) is 0 Å². The van der Waals surface area contributed by atoms with E-state index < -0.39 is 0 Å². The van der Waals surface area contributed by atoms with Crippen LogP contribution in [0.2, 0.25) is 4.34 Å². The normalized spacial score (nSPS) is 12.3. The van der Waals surface area contributed by atoms with Gasteiger partial charge in [0.15, 0.2) is 0 Å². The number of thiophene rings is 1. The molecule has 3 rings (SSSR count). The summed E-state index contributed by atoms with van der Waals surface area (Å²) in [7, 11) is 0. The van der Waals surface area contributed by atoms with Crippen LogP contribution >= 0.6 is 38.9 Å². The first-order valence-corrected chi connectivity index (χ1v) is 8.44. The molecule has 0 amide bonds. The summed E-state index contributed by atoms with van der Waals surface area (Å²) in [4.78, 5) is 1.11. The molecule has 3 aromatic rings. The SMILES string of the molecule is Cc1cccc(NC(c2ccco2)c2ccc(Cl)s2)c1Br. The van der Waals surface area contributed by atoms with Crippen LogP contribution < -0.4 is 5.32 Å². The molecule has 0 aliphatic heterocycles. The molecule has 21 heavy (non-hydrogen) atoms. The lowest BCUT2D eigenvalue weighted by molar-refractivity contribution is 0.500. The predicted octanol–water partition coefficient (Wildman–Crippen LogP) is 6.27. The first-order valence-electron chi connectivity index (χ1n) is 6.45. The van der Waals surface area contributed by atoms with Crippen molar-refractivity contribution < 1.29 is 4.42 Å². The van der Waals surface area contributed by atoms with Crippen LogP contribution in [0, 0.1) is 6.92 Å². The van der Waals surface area contributed by atoms with Crippen LogP contribution in [-0.4, -0.2) is 0 Å². The maximum atomic E-state index is 6.08. The molecule has 1 N–H and O–H groups in total. The third-order valence-corrected chi connectivity index (χ3v) is 5.55. The molecule has 0 saturated carbocycles. The Bertz CT molecular complexity index is 739. The highest BCUT2D eigenvalue weighted by Crippen LogP contribution is 2.36. The Hall–Kier alpha value is -1.23. The Kier molecular flexibility index (Phi) is 4.38. The predicted molar refractivity (Wildman–Crippen MR) is 92.4 cm³/mol. The third kappa shape index (κ3) is 3.18. The molecule has 0 bridgehead atoms. The van der Waals surface area contributed by atoms with E-state index in [0.717, 1.165) is 25.1 Å². The first kappa shape index (κ1) is 14.7. The molecule has 1 aromatic carbocycles. The largest absolute Gasteiger partial charge is 0.467 e. The molecular formula is C16H13BrClNOS. The summed E-state index contributed by atoms with van der Waals surface area (Å²) in [5.41, 5.74) is 2.21. The maximum Gasteiger partial charge on any atom is 0.131 e. The molecule has 2 nitrogen and oxygen atoms in total. The van der Waals surface area contributed by atoms with E-state index in [4.69, 9.17) is 16.0 Å². The molecule has 2 heterocycles. The number of anilines is 1. The molecule has 108 valence electrons. The van der Waals surface area contributed by atoms with Gasteiger partial charge >= 0.3 is 0 Å². The van der Waals surface area contributed by atoms with Gasteiger partial charge in [-0.1, -0.05) is 23.7 Å². The van der Waals surface area contributed by atoms with E-state index in [2.05, 4.69) is 34.2 Å². The Labute approximate surface area is 140 Å². The second kappa shape index (κ2) is 6.26. The molecule has 0 aliphatic rings. The molecule has 1 unspecified atom stereocenters. The molecule has 0 spiro atoms. The average molecular weight is 383 g/mol. The minimum atomic E-state index is -0.0596. The summed E-state index contributed by atoms with van der Waals surface area (Å²) in [6, 6.07) is 13.9. The summed E-state index contributed by atoms with van der Waals surface area (Å²) in [5.74, 6) is 0.863. The Morgan fingerprint density at radius 3 is 2.71 bits per heavy atom. The zero-order valence-corrected chi connectivity index (χ0v) is 14.4. The van der Waals surface area contributed by atoms with Crippen molar-refractivity contribution in [2.75, 3.05) is 5.32 Å². The van der Waals surface area contributed by atoms with Gasteiger partial charge in [0, 0.05) is 15.0 Å². The zero-order chi connectivity index (χ0) is 14.8. The van der Waals surface area contributed by atoms with Crippen molar-refractivity contribution in [1.82, 2.24) is 0 Å². The number of hydrogen-bond donors (Lipinski definition) is 1. The van der Waals surface area contributed by atoms with E-state index >= 15 is 0 Å². The molecule has 0 aliphatic carbocycles. The number of rotatable bonds is 4. The second-order valence-electron chi connectivity index (χ2n) is 4.67. The smallest absolute Gasteiger partial charge is 0.131 e. The second-order valence-corrected chi connectivity index (χ2v) is 7.21. The molecule has 5 heteroatoms. The molecule has 2 aromatic heterocycles. The Balaban J connectivity index is 1.99. The van der Waals surface area contributed by atoms with Crippen LogP contribution in [0.25, 0.3) is 0 Å². The first-order chi connectivity index (χ1) is 10.1. The summed E-state index contributed by atoms with van der Waals surface area (Å²) in [5, 5.41) is 3.53. The van der Waals surface area contributed by atoms with E-state index in [1.165, 1.54) is 5.56 Å². The van der Waals surface area contributed by atoms with Gasteiger partial charge in [-0.15, -0.1) is 11.3 Å². The van der Waals surface area contributed by atoms with Gasteiger partial charge in [0.2, 0.25) is 0 Å². The Morgan fingerprint density at radius 2 is 2.05 bits per heavy atom. The van der Waals surface area contributed by atoms with Crippen LogP contribution in [0.5, 0.6) is 0 Å². The zero-order valence-electron chi connectivity index (χ0n) is 11.3. The summed E-state index contributed by atoms with van der Waals surface area (Å²) >= 11 is 11.3. The van der Waals surface area contributed by atoms with Gasteiger partial charge in [0.25, 0.3) is 0 Å². The van der Waals surface area contributed by atoms with Gasteiger partial charge in [0.1, 0.15) is 11.8 Å². The quantitative estimate of drug-likeness (QED) is 0.575. The van der Waals surface area contributed by atoms with Crippen LogP contribution in [0.4, 0.5) is 5.69 Å². The fourth-order valence-electron chi connectivity index (χ4n) is 2.14. The highest BCUT2D eigenvalue weighted by molar-refractivity contribution is 9.10. The topological polar surface area (TPSA) is 25.2 Å². The van der Waals surface area contributed by atoms with Gasteiger partial charge in [0.05, 0.1) is 10.6 Å². The molecule has 1 atom stereocenters. The van der Waals surface area contributed by atoms with E-state index in [9.17, 15) is 0 Å². The lowest BCUT2D eigenvalue weighted by Crippen LogP contribution is -2.10. The van der Waals surface area contributed by atoms with Crippen molar-refractivity contribution in [1.29, 1.82) is 0 Å². The van der Waals surface area contributed by atoms with E-state index in [0.29, 0.717) is 0 Å². The van der Waals surface area contributed by atoms with Crippen molar-refractivity contribution in [3.8, 4) is 0 Å². The van der Waals surface area contributed by atoms with E-state index in [-0.39, 0.29) is 6.04 Å². The minimum Gasteiger partial charge on any atom is -0.467 e. The minimum absolute atomic E-state index is 0.0596. The van der Waals surface area contributed by atoms with Gasteiger partial charge in [-0.2, -0.15) is 0 Å². The lowest BCUT2D eigenvalue weighted by Gasteiger charge is -2.18. The fourth-order valence-corrected chi connectivity index (χ4v) is 3.64. The highest BCUT2D eigenvalue weighted by Gasteiger charge is 2.20. The van der Waals surface area contributed by atoms with Gasteiger partial charge < -0.3 is 9.73 Å². The summed E-state index contributed by atoms with van der Waals surface area (Å²) < 4.78 is 7.42. The molecule has 0 radical (unpaired) electrons. The van der Waals surface area contributed by atoms with E-state index in [1.807, 2.05) is 36.4 Å². The average Bonchev–Trinajstić information content (AvgIpc) is 3.12. The highest BCUT2D eigenvalue weighted by atomic mass is 79.9. The third-order valence-electron chi connectivity index (χ3n) is 3.20. The molecular weight excluding hydrogens is 370 g/mol.